The summed E-state index contributed by atoms with van der Waals surface area (Å²) < 4.78 is 7.61. The molecule has 158 valence electrons. The summed E-state index contributed by atoms with van der Waals surface area (Å²) in [5.74, 6) is 3.03. The Balaban J connectivity index is 1.19. The zero-order valence-corrected chi connectivity index (χ0v) is 18.5. The van der Waals surface area contributed by atoms with E-state index < -0.39 is 0 Å². The third-order valence-electron chi connectivity index (χ3n) is 5.08. The maximum atomic E-state index is 12.5. The number of aryl methyl sites for hydroxylation is 1. The van der Waals surface area contributed by atoms with E-state index in [0.29, 0.717) is 11.7 Å². The summed E-state index contributed by atoms with van der Waals surface area (Å²) in [7, 11) is 2.01. The third-order valence-corrected chi connectivity index (χ3v) is 7.34. The van der Waals surface area contributed by atoms with Gasteiger partial charge in [0.25, 0.3) is 0 Å². The highest BCUT2D eigenvalue weighted by atomic mass is 32.2. The standard InChI is InChI=1S/C21H25N5O2S2/c1-25-13-10-24-20(25)30-15-17-6-11-26(12-7-17)21(27)28-18-4-2-16(3-5-18)14-29-19-22-8-9-23-19/h2-5,8-10,13,17H,6-7,11-12,14-15H2,1H3,(H,22,23). The van der Waals surface area contributed by atoms with Crippen LogP contribution in [0.5, 0.6) is 5.75 Å². The zero-order valence-electron chi connectivity index (χ0n) is 16.9. The van der Waals surface area contributed by atoms with Crippen molar-refractivity contribution >= 4 is 29.6 Å². The first-order valence-electron chi connectivity index (χ1n) is 9.95. The van der Waals surface area contributed by atoms with E-state index in [1.54, 1.807) is 29.7 Å². The number of carbonyl (C=O) groups is 1. The summed E-state index contributed by atoms with van der Waals surface area (Å²) in [6.07, 6.45) is 9.07. The Morgan fingerprint density at radius 1 is 1.17 bits per heavy atom. The Morgan fingerprint density at radius 2 is 1.97 bits per heavy atom. The quantitative estimate of drug-likeness (QED) is 0.544. The molecule has 1 saturated heterocycles. The number of amides is 1. The smallest absolute Gasteiger partial charge is 0.410 e. The molecule has 1 aliphatic rings. The molecule has 1 N–H and O–H groups in total. The van der Waals surface area contributed by atoms with Gasteiger partial charge in [-0.25, -0.2) is 14.8 Å². The van der Waals surface area contributed by atoms with Gasteiger partial charge in [0, 0.05) is 56.4 Å². The highest BCUT2D eigenvalue weighted by Gasteiger charge is 2.24. The van der Waals surface area contributed by atoms with Gasteiger partial charge in [-0.2, -0.15) is 0 Å². The maximum absolute atomic E-state index is 12.5. The first-order valence-corrected chi connectivity index (χ1v) is 11.9. The molecule has 0 atom stereocenters. The molecule has 1 aromatic carbocycles. The second-order valence-corrected chi connectivity index (χ2v) is 9.21. The first kappa shape index (κ1) is 20.9. The van der Waals surface area contributed by atoms with Crippen LogP contribution in [-0.4, -0.2) is 49.4 Å². The molecule has 1 fully saturated rings. The molecule has 9 heteroatoms. The van der Waals surface area contributed by atoms with Crippen LogP contribution in [0.4, 0.5) is 4.79 Å². The number of carbonyl (C=O) groups excluding carboxylic acids is 1. The second-order valence-electron chi connectivity index (χ2n) is 7.26. The summed E-state index contributed by atoms with van der Waals surface area (Å²) in [6.45, 7) is 1.48. The molecule has 1 aliphatic heterocycles. The van der Waals surface area contributed by atoms with E-state index in [9.17, 15) is 4.79 Å². The molecule has 0 bridgehead atoms. The van der Waals surface area contributed by atoms with Crippen molar-refractivity contribution < 1.29 is 9.53 Å². The van der Waals surface area contributed by atoms with Gasteiger partial charge in [-0.05, 0) is 36.5 Å². The molecule has 0 saturated carbocycles. The molecule has 7 nitrogen and oxygen atoms in total. The van der Waals surface area contributed by atoms with Gasteiger partial charge < -0.3 is 19.2 Å². The lowest BCUT2D eigenvalue weighted by atomic mass is 9.99. The number of rotatable bonds is 7. The molecule has 0 aliphatic carbocycles. The number of benzene rings is 1. The van der Waals surface area contributed by atoms with E-state index >= 15 is 0 Å². The molecule has 30 heavy (non-hydrogen) atoms. The number of aromatic nitrogens is 4. The molecule has 3 heterocycles. The highest BCUT2D eigenvalue weighted by molar-refractivity contribution is 7.99. The Hall–Kier alpha value is -2.39. The highest BCUT2D eigenvalue weighted by Crippen LogP contribution is 2.26. The Labute approximate surface area is 184 Å². The minimum absolute atomic E-state index is 0.261. The second kappa shape index (κ2) is 10.1. The molecule has 3 aromatic rings. The van der Waals surface area contributed by atoms with Crippen LogP contribution in [-0.2, 0) is 12.8 Å². The predicted molar refractivity (Wildman–Crippen MR) is 119 cm³/mol. The van der Waals surface area contributed by atoms with E-state index in [0.717, 1.165) is 53.3 Å². The van der Waals surface area contributed by atoms with Crippen LogP contribution in [0.1, 0.15) is 18.4 Å². The van der Waals surface area contributed by atoms with E-state index in [2.05, 4.69) is 15.0 Å². The van der Waals surface area contributed by atoms with Crippen LogP contribution in [0.2, 0.25) is 0 Å². The van der Waals surface area contributed by atoms with Crippen molar-refractivity contribution in [1.82, 2.24) is 24.4 Å². The Morgan fingerprint density at radius 3 is 2.63 bits per heavy atom. The average Bonchev–Trinajstić information content (AvgIpc) is 3.44. The number of hydrogen-bond acceptors (Lipinski definition) is 6. The number of H-pyrrole nitrogens is 1. The van der Waals surface area contributed by atoms with Crippen molar-refractivity contribution in [2.24, 2.45) is 13.0 Å². The Bertz CT molecular complexity index is 935. The number of piperidine rings is 1. The lowest BCUT2D eigenvalue weighted by Crippen LogP contribution is -2.40. The van der Waals surface area contributed by atoms with Crippen molar-refractivity contribution in [3.63, 3.8) is 0 Å². The molecule has 0 radical (unpaired) electrons. The average molecular weight is 444 g/mol. The van der Waals surface area contributed by atoms with Crippen LogP contribution in [0, 0.1) is 5.92 Å². The maximum Gasteiger partial charge on any atom is 0.415 e. The fraction of sp³-hybridized carbons (Fsp3) is 0.381. The Kier molecular flexibility index (Phi) is 7.01. The van der Waals surface area contributed by atoms with Crippen molar-refractivity contribution in [3.05, 3.63) is 54.6 Å². The van der Waals surface area contributed by atoms with Gasteiger partial charge in [0.15, 0.2) is 10.3 Å². The van der Waals surface area contributed by atoms with E-state index in [4.69, 9.17) is 4.74 Å². The number of ether oxygens (including phenoxy) is 1. The minimum Gasteiger partial charge on any atom is -0.410 e. The lowest BCUT2D eigenvalue weighted by molar-refractivity contribution is 0.134. The third kappa shape index (κ3) is 5.60. The molecule has 2 aromatic heterocycles. The molecule has 0 spiro atoms. The van der Waals surface area contributed by atoms with Gasteiger partial charge >= 0.3 is 6.09 Å². The molecule has 0 unspecified atom stereocenters. The monoisotopic (exact) mass is 443 g/mol. The number of imidazole rings is 2. The van der Waals surface area contributed by atoms with Crippen LogP contribution in [0.15, 0.2) is 59.4 Å². The first-order chi connectivity index (χ1) is 14.7. The van der Waals surface area contributed by atoms with E-state index in [1.165, 1.54) is 0 Å². The van der Waals surface area contributed by atoms with Crippen LogP contribution >= 0.6 is 23.5 Å². The summed E-state index contributed by atoms with van der Waals surface area (Å²) in [6, 6.07) is 7.68. The number of aromatic amines is 1. The topological polar surface area (TPSA) is 76.0 Å². The van der Waals surface area contributed by atoms with E-state index in [1.807, 2.05) is 59.4 Å². The summed E-state index contributed by atoms with van der Waals surface area (Å²) in [5.41, 5.74) is 1.15. The number of nitrogens with zero attached hydrogens (tertiary/aromatic N) is 4. The fourth-order valence-electron chi connectivity index (χ4n) is 3.27. The van der Waals surface area contributed by atoms with Gasteiger partial charge in [0.2, 0.25) is 0 Å². The largest absolute Gasteiger partial charge is 0.415 e. The predicted octanol–water partition coefficient (Wildman–Crippen LogP) is 4.44. The molecular formula is C21H25N5O2S2. The van der Waals surface area contributed by atoms with Crippen LogP contribution in [0.3, 0.4) is 0 Å². The van der Waals surface area contributed by atoms with Gasteiger partial charge in [-0.1, -0.05) is 35.7 Å². The minimum atomic E-state index is -0.261. The summed E-state index contributed by atoms with van der Waals surface area (Å²) >= 11 is 3.42. The fourth-order valence-corrected chi connectivity index (χ4v) is 5.17. The number of thioether (sulfide) groups is 2. The van der Waals surface area contributed by atoms with Crippen molar-refractivity contribution in [2.45, 2.75) is 28.9 Å². The van der Waals surface area contributed by atoms with Gasteiger partial charge in [0.05, 0.1) is 0 Å². The summed E-state index contributed by atoms with van der Waals surface area (Å²) in [5, 5.41) is 1.94. The van der Waals surface area contributed by atoms with Crippen LogP contribution < -0.4 is 4.74 Å². The van der Waals surface area contributed by atoms with Gasteiger partial charge in [0.1, 0.15) is 5.75 Å². The SMILES string of the molecule is Cn1ccnc1SCC1CCN(C(=O)Oc2ccc(CSc3ncc[nH]3)cc2)CC1. The van der Waals surface area contributed by atoms with Crippen LogP contribution in [0.25, 0.3) is 0 Å². The zero-order chi connectivity index (χ0) is 20.8. The summed E-state index contributed by atoms with van der Waals surface area (Å²) in [4.78, 5) is 25.9. The van der Waals surface area contributed by atoms with Gasteiger partial charge in [-0.3, -0.25) is 0 Å². The number of hydrogen-bond donors (Lipinski definition) is 1. The number of likely N-dealkylation sites (tertiary alicyclic amines) is 1. The van der Waals surface area contributed by atoms with E-state index in [-0.39, 0.29) is 6.09 Å². The molecule has 1 amide bonds. The van der Waals surface area contributed by atoms with Crippen molar-refractivity contribution in [2.75, 3.05) is 18.8 Å². The molecule has 4 rings (SSSR count). The normalized spacial score (nSPS) is 14.8. The van der Waals surface area contributed by atoms with Crippen molar-refractivity contribution in [1.29, 1.82) is 0 Å². The molecular weight excluding hydrogens is 418 g/mol. The lowest BCUT2D eigenvalue weighted by Gasteiger charge is -2.31. The van der Waals surface area contributed by atoms with Crippen molar-refractivity contribution in [3.8, 4) is 5.75 Å². The van der Waals surface area contributed by atoms with Gasteiger partial charge in [-0.15, -0.1) is 0 Å². The number of nitrogens with one attached hydrogen (secondary N) is 1.